The van der Waals surface area contributed by atoms with Gasteiger partial charge in [-0.05, 0) is 30.7 Å². The first-order valence-corrected chi connectivity index (χ1v) is 5.23. The first kappa shape index (κ1) is 8.52. The van der Waals surface area contributed by atoms with Gasteiger partial charge in [0.2, 0.25) is 0 Å². The van der Waals surface area contributed by atoms with Gasteiger partial charge in [0.05, 0.1) is 0 Å². The van der Waals surface area contributed by atoms with Crippen LogP contribution >= 0.6 is 0 Å². The molecule has 2 heteroatoms. The Kier molecular flexibility index (Phi) is 2.66. The Hall–Kier alpha value is -0.0800. The minimum atomic E-state index is 0.383. The van der Waals surface area contributed by atoms with E-state index in [1.165, 1.54) is 25.7 Å². The van der Waals surface area contributed by atoms with Crippen molar-refractivity contribution < 1.29 is 5.11 Å². The van der Waals surface area contributed by atoms with Crippen molar-refractivity contribution in [1.82, 2.24) is 5.32 Å². The van der Waals surface area contributed by atoms with Gasteiger partial charge in [0.15, 0.2) is 0 Å². The fraction of sp³-hybridized carbons (Fsp3) is 1.00. The lowest BCUT2D eigenvalue weighted by Gasteiger charge is -2.41. The second-order valence-corrected chi connectivity index (χ2v) is 4.29. The van der Waals surface area contributed by atoms with E-state index >= 15 is 0 Å². The van der Waals surface area contributed by atoms with Crippen LogP contribution in [0.3, 0.4) is 0 Å². The summed E-state index contributed by atoms with van der Waals surface area (Å²) in [7, 11) is 0. The Morgan fingerprint density at radius 3 is 2.67 bits per heavy atom. The number of piperidine rings is 1. The van der Waals surface area contributed by atoms with Crippen LogP contribution in [0.1, 0.15) is 25.7 Å². The Labute approximate surface area is 74.4 Å². The number of aliphatic hydroxyl groups excluding tert-OH is 1. The van der Waals surface area contributed by atoms with Crippen molar-refractivity contribution in [3.05, 3.63) is 0 Å². The lowest BCUT2D eigenvalue weighted by atomic mass is 9.68. The van der Waals surface area contributed by atoms with Crippen LogP contribution < -0.4 is 5.32 Å². The first-order chi connectivity index (χ1) is 5.92. The van der Waals surface area contributed by atoms with Gasteiger partial charge < -0.3 is 10.4 Å². The largest absolute Gasteiger partial charge is 0.396 e. The highest BCUT2D eigenvalue weighted by Gasteiger charge is 2.34. The van der Waals surface area contributed by atoms with Gasteiger partial charge in [-0.1, -0.05) is 19.3 Å². The van der Waals surface area contributed by atoms with Gasteiger partial charge in [-0.25, -0.2) is 0 Å². The quantitative estimate of drug-likeness (QED) is 0.646. The van der Waals surface area contributed by atoms with E-state index < -0.39 is 0 Å². The van der Waals surface area contributed by atoms with Crippen molar-refractivity contribution in [3.8, 4) is 0 Å². The van der Waals surface area contributed by atoms with Crippen LogP contribution in [0.5, 0.6) is 0 Å². The predicted molar refractivity (Wildman–Crippen MR) is 48.9 cm³/mol. The van der Waals surface area contributed by atoms with Gasteiger partial charge in [0.25, 0.3) is 0 Å². The number of rotatable bonds is 2. The molecule has 2 atom stereocenters. The van der Waals surface area contributed by atoms with E-state index in [0.29, 0.717) is 12.5 Å². The molecule has 1 heterocycles. The molecule has 2 rings (SSSR count). The molecular weight excluding hydrogens is 150 g/mol. The molecule has 12 heavy (non-hydrogen) atoms. The van der Waals surface area contributed by atoms with Gasteiger partial charge in [-0.2, -0.15) is 0 Å². The lowest BCUT2D eigenvalue weighted by Crippen LogP contribution is -2.43. The van der Waals surface area contributed by atoms with Crippen molar-refractivity contribution in [2.45, 2.75) is 25.7 Å². The molecule has 2 fully saturated rings. The number of aliphatic hydroxyl groups is 1. The van der Waals surface area contributed by atoms with Gasteiger partial charge in [-0.15, -0.1) is 0 Å². The number of hydrogen-bond acceptors (Lipinski definition) is 2. The van der Waals surface area contributed by atoms with E-state index in [-0.39, 0.29) is 0 Å². The van der Waals surface area contributed by atoms with Gasteiger partial charge in [0.1, 0.15) is 0 Å². The molecule has 0 spiro atoms. The average Bonchev–Trinajstić information content (AvgIpc) is 2.02. The molecule has 2 unspecified atom stereocenters. The zero-order chi connectivity index (χ0) is 8.39. The standard InChI is InChI=1S/C10H19NO/c12-7-9-6-11-5-4-10(9)8-2-1-3-8/h8-12H,1-7H2. The van der Waals surface area contributed by atoms with Gasteiger partial charge in [-0.3, -0.25) is 0 Å². The van der Waals surface area contributed by atoms with Crippen molar-refractivity contribution >= 4 is 0 Å². The number of nitrogens with one attached hydrogen (secondary N) is 1. The summed E-state index contributed by atoms with van der Waals surface area (Å²) >= 11 is 0. The van der Waals surface area contributed by atoms with Crippen molar-refractivity contribution in [2.75, 3.05) is 19.7 Å². The molecule has 0 amide bonds. The van der Waals surface area contributed by atoms with Crippen LogP contribution in [0.4, 0.5) is 0 Å². The third kappa shape index (κ3) is 1.50. The van der Waals surface area contributed by atoms with Crippen LogP contribution in [0.25, 0.3) is 0 Å². The molecule has 0 radical (unpaired) electrons. The fourth-order valence-electron chi connectivity index (χ4n) is 2.63. The summed E-state index contributed by atoms with van der Waals surface area (Å²) in [6.07, 6.45) is 5.55. The highest BCUT2D eigenvalue weighted by molar-refractivity contribution is 4.86. The first-order valence-electron chi connectivity index (χ1n) is 5.23. The number of hydrogen-bond donors (Lipinski definition) is 2. The maximum atomic E-state index is 9.19. The topological polar surface area (TPSA) is 32.3 Å². The van der Waals surface area contributed by atoms with Crippen molar-refractivity contribution in [1.29, 1.82) is 0 Å². The molecule has 2 nitrogen and oxygen atoms in total. The Bertz CT molecular complexity index is 145. The summed E-state index contributed by atoms with van der Waals surface area (Å²) in [6, 6.07) is 0. The summed E-state index contributed by atoms with van der Waals surface area (Å²) in [4.78, 5) is 0. The van der Waals surface area contributed by atoms with Crippen LogP contribution in [-0.4, -0.2) is 24.8 Å². The van der Waals surface area contributed by atoms with Crippen LogP contribution in [0.2, 0.25) is 0 Å². The summed E-state index contributed by atoms with van der Waals surface area (Å²) in [5.74, 6) is 2.32. The van der Waals surface area contributed by atoms with Crippen LogP contribution in [0, 0.1) is 17.8 Å². The van der Waals surface area contributed by atoms with E-state index in [4.69, 9.17) is 0 Å². The zero-order valence-electron chi connectivity index (χ0n) is 7.63. The second-order valence-electron chi connectivity index (χ2n) is 4.29. The molecule has 2 N–H and O–H groups in total. The zero-order valence-corrected chi connectivity index (χ0v) is 7.63. The summed E-state index contributed by atoms with van der Waals surface area (Å²) < 4.78 is 0. The van der Waals surface area contributed by atoms with Crippen molar-refractivity contribution in [2.24, 2.45) is 17.8 Å². The molecule has 2 aliphatic rings. The minimum Gasteiger partial charge on any atom is -0.396 e. The fourth-order valence-corrected chi connectivity index (χ4v) is 2.63. The molecule has 0 bridgehead atoms. The smallest absolute Gasteiger partial charge is 0.0474 e. The van der Waals surface area contributed by atoms with Crippen LogP contribution in [-0.2, 0) is 0 Å². The van der Waals surface area contributed by atoms with E-state index in [1.54, 1.807) is 0 Å². The normalized spacial score (nSPS) is 37.8. The summed E-state index contributed by atoms with van der Waals surface area (Å²) in [5, 5.41) is 12.5. The van der Waals surface area contributed by atoms with Gasteiger partial charge in [0, 0.05) is 13.2 Å². The van der Waals surface area contributed by atoms with Gasteiger partial charge >= 0.3 is 0 Å². The Morgan fingerprint density at radius 1 is 1.25 bits per heavy atom. The second kappa shape index (κ2) is 3.75. The molecule has 1 aliphatic heterocycles. The highest BCUT2D eigenvalue weighted by Crippen LogP contribution is 2.39. The predicted octanol–water partition coefficient (Wildman–Crippen LogP) is 1.00. The van der Waals surface area contributed by atoms with E-state index in [1.807, 2.05) is 0 Å². The molecule has 0 aromatic heterocycles. The third-order valence-corrected chi connectivity index (χ3v) is 3.66. The highest BCUT2D eigenvalue weighted by atomic mass is 16.3. The summed E-state index contributed by atoms with van der Waals surface area (Å²) in [5.41, 5.74) is 0. The molecule has 0 aromatic carbocycles. The monoisotopic (exact) mass is 169 g/mol. The van der Waals surface area contributed by atoms with E-state index in [2.05, 4.69) is 5.32 Å². The molecule has 0 aromatic rings. The third-order valence-electron chi connectivity index (χ3n) is 3.66. The lowest BCUT2D eigenvalue weighted by molar-refractivity contribution is 0.0701. The maximum Gasteiger partial charge on any atom is 0.0474 e. The minimum absolute atomic E-state index is 0.383. The maximum absolute atomic E-state index is 9.19. The SMILES string of the molecule is OCC1CNCCC1C1CCC1. The van der Waals surface area contributed by atoms with Crippen molar-refractivity contribution in [3.63, 3.8) is 0 Å². The molecular formula is C10H19NO. The Balaban J connectivity index is 1.90. The van der Waals surface area contributed by atoms with Crippen LogP contribution in [0.15, 0.2) is 0 Å². The molecule has 1 saturated carbocycles. The molecule has 1 saturated heterocycles. The molecule has 1 aliphatic carbocycles. The van der Waals surface area contributed by atoms with E-state index in [0.717, 1.165) is 24.9 Å². The van der Waals surface area contributed by atoms with E-state index in [9.17, 15) is 5.11 Å². The average molecular weight is 169 g/mol. The Morgan fingerprint density at radius 2 is 2.08 bits per heavy atom. The summed E-state index contributed by atoms with van der Waals surface area (Å²) in [6.45, 7) is 2.59. The molecule has 70 valence electrons.